The monoisotopic (exact) mass is 327 g/mol. The number of nitrogens with two attached hydrogens (primary N) is 1. The van der Waals surface area contributed by atoms with E-state index in [0.717, 1.165) is 19.3 Å². The molecule has 1 fully saturated rings. The Bertz CT molecular complexity index is 538. The van der Waals surface area contributed by atoms with E-state index in [2.05, 4.69) is 0 Å². The van der Waals surface area contributed by atoms with Gasteiger partial charge in [-0.3, -0.25) is 14.9 Å². The number of amides is 1. The molecule has 1 aromatic heterocycles. The molecule has 0 spiro atoms. The summed E-state index contributed by atoms with van der Waals surface area (Å²) in [6, 6.07) is 1.38. The van der Waals surface area contributed by atoms with Gasteiger partial charge in [0.2, 0.25) is 0 Å². The summed E-state index contributed by atoms with van der Waals surface area (Å²) in [5.74, 6) is -0.124. The van der Waals surface area contributed by atoms with Gasteiger partial charge in [0.15, 0.2) is 0 Å². The Morgan fingerprint density at radius 3 is 2.77 bits per heavy atom. The van der Waals surface area contributed by atoms with Gasteiger partial charge in [-0.05, 0) is 32.7 Å². The molecule has 0 aromatic carbocycles. The standard InChI is InChI=1S/C14H21N3O4S/c1-10-12(17(19)20)9-13(22-10)14(18)16-6-3-11(4-7-16)21-8-2-5-15/h9,11H,2-8,15H2,1H3. The fourth-order valence-electron chi connectivity index (χ4n) is 2.47. The van der Waals surface area contributed by atoms with Gasteiger partial charge in [0.1, 0.15) is 0 Å². The van der Waals surface area contributed by atoms with Crippen LogP contribution in [0.4, 0.5) is 5.69 Å². The third kappa shape index (κ3) is 4.02. The van der Waals surface area contributed by atoms with Crippen LogP contribution in [-0.2, 0) is 4.74 Å². The Labute approximate surface area is 133 Å². The Kier molecular flexibility index (Phi) is 5.87. The molecule has 7 nitrogen and oxygen atoms in total. The minimum Gasteiger partial charge on any atom is -0.378 e. The molecular weight excluding hydrogens is 306 g/mol. The number of aryl methyl sites for hydroxylation is 1. The van der Waals surface area contributed by atoms with Crippen molar-refractivity contribution in [3.05, 3.63) is 25.9 Å². The van der Waals surface area contributed by atoms with E-state index in [1.807, 2.05) is 0 Å². The van der Waals surface area contributed by atoms with Crippen molar-refractivity contribution >= 4 is 22.9 Å². The first-order chi connectivity index (χ1) is 10.5. The largest absolute Gasteiger partial charge is 0.378 e. The lowest BCUT2D eigenvalue weighted by atomic mass is 10.1. The lowest BCUT2D eigenvalue weighted by molar-refractivity contribution is -0.385. The number of ether oxygens (including phenoxy) is 1. The van der Waals surface area contributed by atoms with Crippen LogP contribution in [0, 0.1) is 17.0 Å². The molecule has 0 aliphatic carbocycles. The Balaban J connectivity index is 1.89. The number of thiophene rings is 1. The van der Waals surface area contributed by atoms with Gasteiger partial charge in [0.25, 0.3) is 11.6 Å². The number of nitrogens with zero attached hydrogens (tertiary/aromatic N) is 2. The van der Waals surface area contributed by atoms with Crippen LogP contribution in [0.25, 0.3) is 0 Å². The average Bonchev–Trinajstić information content (AvgIpc) is 2.90. The maximum atomic E-state index is 12.4. The first-order valence-corrected chi connectivity index (χ1v) is 8.20. The summed E-state index contributed by atoms with van der Waals surface area (Å²) in [6.07, 6.45) is 2.61. The summed E-state index contributed by atoms with van der Waals surface area (Å²) in [7, 11) is 0. The van der Waals surface area contributed by atoms with Crippen LogP contribution in [0.1, 0.15) is 33.8 Å². The molecule has 0 saturated carbocycles. The van der Waals surface area contributed by atoms with Crippen molar-refractivity contribution in [2.24, 2.45) is 5.73 Å². The number of likely N-dealkylation sites (tertiary alicyclic amines) is 1. The molecular formula is C14H21N3O4S. The van der Waals surface area contributed by atoms with Crippen molar-refractivity contribution in [1.29, 1.82) is 0 Å². The van der Waals surface area contributed by atoms with Gasteiger partial charge in [-0.15, -0.1) is 11.3 Å². The predicted molar refractivity (Wildman–Crippen MR) is 84.3 cm³/mol. The van der Waals surface area contributed by atoms with Crippen molar-refractivity contribution in [1.82, 2.24) is 4.90 Å². The fraction of sp³-hybridized carbons (Fsp3) is 0.643. The number of rotatable bonds is 6. The lowest BCUT2D eigenvalue weighted by Crippen LogP contribution is -2.40. The van der Waals surface area contributed by atoms with Crippen LogP contribution < -0.4 is 5.73 Å². The molecule has 1 aromatic rings. The third-order valence-electron chi connectivity index (χ3n) is 3.73. The summed E-state index contributed by atoms with van der Waals surface area (Å²) in [6.45, 7) is 4.18. The Morgan fingerprint density at radius 2 is 2.23 bits per heavy atom. The normalized spacial score (nSPS) is 16.0. The van der Waals surface area contributed by atoms with Crippen molar-refractivity contribution in [2.45, 2.75) is 32.3 Å². The van der Waals surface area contributed by atoms with E-state index < -0.39 is 4.92 Å². The summed E-state index contributed by atoms with van der Waals surface area (Å²) in [4.78, 5) is 25.6. The van der Waals surface area contributed by atoms with E-state index in [-0.39, 0.29) is 17.7 Å². The number of carbonyl (C=O) groups is 1. The SMILES string of the molecule is Cc1sc(C(=O)N2CCC(OCCCN)CC2)cc1[N+](=O)[O-]. The number of carbonyl (C=O) groups excluding carboxylic acids is 1. The highest BCUT2D eigenvalue weighted by molar-refractivity contribution is 7.14. The number of hydrogen-bond donors (Lipinski definition) is 1. The zero-order valence-corrected chi connectivity index (χ0v) is 13.4. The minimum absolute atomic E-state index is 0.0216. The molecule has 2 N–H and O–H groups in total. The van der Waals surface area contributed by atoms with E-state index in [0.29, 0.717) is 36.0 Å². The Hall–Kier alpha value is -1.51. The van der Waals surface area contributed by atoms with Gasteiger partial charge >= 0.3 is 0 Å². The molecule has 22 heavy (non-hydrogen) atoms. The molecule has 1 amide bonds. The highest BCUT2D eigenvalue weighted by Gasteiger charge is 2.27. The molecule has 1 saturated heterocycles. The molecule has 1 aliphatic heterocycles. The number of hydrogen-bond acceptors (Lipinski definition) is 6. The molecule has 1 aliphatic rings. The van der Waals surface area contributed by atoms with Gasteiger partial charge in [0.05, 0.1) is 20.8 Å². The molecule has 8 heteroatoms. The van der Waals surface area contributed by atoms with Gasteiger partial charge in [0, 0.05) is 25.8 Å². The van der Waals surface area contributed by atoms with Crippen LogP contribution in [0.15, 0.2) is 6.07 Å². The molecule has 2 heterocycles. The smallest absolute Gasteiger partial charge is 0.283 e. The second-order valence-electron chi connectivity index (χ2n) is 5.31. The van der Waals surface area contributed by atoms with Gasteiger partial charge in [-0.2, -0.15) is 0 Å². The lowest BCUT2D eigenvalue weighted by Gasteiger charge is -2.31. The van der Waals surface area contributed by atoms with E-state index in [9.17, 15) is 14.9 Å². The molecule has 2 rings (SSSR count). The molecule has 0 unspecified atom stereocenters. The number of nitro groups is 1. The van der Waals surface area contributed by atoms with Crippen molar-refractivity contribution in [3.8, 4) is 0 Å². The summed E-state index contributed by atoms with van der Waals surface area (Å²) < 4.78 is 5.71. The van der Waals surface area contributed by atoms with Crippen LogP contribution in [-0.4, -0.2) is 48.1 Å². The van der Waals surface area contributed by atoms with E-state index >= 15 is 0 Å². The topological polar surface area (TPSA) is 98.7 Å². The summed E-state index contributed by atoms with van der Waals surface area (Å²) in [5.41, 5.74) is 5.45. The highest BCUT2D eigenvalue weighted by Crippen LogP contribution is 2.29. The van der Waals surface area contributed by atoms with Crippen molar-refractivity contribution in [2.75, 3.05) is 26.2 Å². The summed E-state index contributed by atoms with van der Waals surface area (Å²) >= 11 is 1.18. The maximum absolute atomic E-state index is 12.4. The number of piperidine rings is 1. The van der Waals surface area contributed by atoms with E-state index in [4.69, 9.17) is 10.5 Å². The first kappa shape index (κ1) is 16.9. The second-order valence-corrected chi connectivity index (χ2v) is 6.57. The van der Waals surface area contributed by atoms with Gasteiger partial charge in [-0.1, -0.05) is 0 Å². The first-order valence-electron chi connectivity index (χ1n) is 7.38. The van der Waals surface area contributed by atoms with Gasteiger partial charge in [-0.25, -0.2) is 0 Å². The summed E-state index contributed by atoms with van der Waals surface area (Å²) in [5, 5.41) is 10.9. The van der Waals surface area contributed by atoms with Gasteiger partial charge < -0.3 is 15.4 Å². The van der Waals surface area contributed by atoms with Crippen LogP contribution in [0.2, 0.25) is 0 Å². The van der Waals surface area contributed by atoms with Crippen molar-refractivity contribution < 1.29 is 14.5 Å². The third-order valence-corrected chi connectivity index (χ3v) is 4.76. The average molecular weight is 327 g/mol. The highest BCUT2D eigenvalue weighted by atomic mass is 32.1. The zero-order chi connectivity index (χ0) is 16.1. The van der Waals surface area contributed by atoms with Crippen LogP contribution in [0.5, 0.6) is 0 Å². The fourth-order valence-corrected chi connectivity index (χ4v) is 3.43. The van der Waals surface area contributed by atoms with E-state index in [1.165, 1.54) is 17.4 Å². The molecule has 0 radical (unpaired) electrons. The van der Waals surface area contributed by atoms with E-state index in [1.54, 1.807) is 11.8 Å². The molecule has 122 valence electrons. The molecule has 0 bridgehead atoms. The van der Waals surface area contributed by atoms with Crippen LogP contribution >= 0.6 is 11.3 Å². The minimum atomic E-state index is -0.444. The van der Waals surface area contributed by atoms with Crippen molar-refractivity contribution in [3.63, 3.8) is 0 Å². The maximum Gasteiger partial charge on any atom is 0.283 e. The van der Waals surface area contributed by atoms with Crippen LogP contribution in [0.3, 0.4) is 0 Å². The molecule has 0 atom stereocenters. The zero-order valence-electron chi connectivity index (χ0n) is 12.6. The predicted octanol–water partition coefficient (Wildman–Crippen LogP) is 1.93. The quantitative estimate of drug-likeness (QED) is 0.489. The Morgan fingerprint density at radius 1 is 1.55 bits per heavy atom. The second kappa shape index (κ2) is 7.66.